The molecule has 5 nitrogen and oxygen atoms in total. The third kappa shape index (κ3) is 4.47. The van der Waals surface area contributed by atoms with Gasteiger partial charge in [-0.2, -0.15) is 0 Å². The molecule has 0 saturated carbocycles. The number of hydrogen-bond acceptors (Lipinski definition) is 5. The Balaban J connectivity index is 1.80. The van der Waals surface area contributed by atoms with Gasteiger partial charge >= 0.3 is 11.6 Å². The van der Waals surface area contributed by atoms with Crippen LogP contribution in [0, 0.1) is 0 Å². The highest BCUT2D eigenvalue weighted by Gasteiger charge is 2.25. The minimum absolute atomic E-state index is 0.212. The maximum atomic E-state index is 12.6. The molecule has 156 valence electrons. The van der Waals surface area contributed by atoms with Crippen molar-refractivity contribution in [1.29, 1.82) is 0 Å². The minimum Gasteiger partial charge on any atom is -0.472 e. The van der Waals surface area contributed by atoms with Crippen LogP contribution in [0.4, 0.5) is 0 Å². The fourth-order valence-corrected chi connectivity index (χ4v) is 3.54. The summed E-state index contributed by atoms with van der Waals surface area (Å²) in [5.74, 6) is -0.325. The first-order valence-electron chi connectivity index (χ1n) is 9.78. The molecule has 0 spiro atoms. The maximum Gasteiger partial charge on any atom is 0.352 e. The Morgan fingerprint density at radius 3 is 2.35 bits per heavy atom. The Hall–Kier alpha value is -3.57. The van der Waals surface area contributed by atoms with Gasteiger partial charge < -0.3 is 13.9 Å². The molecule has 4 rings (SSSR count). The van der Waals surface area contributed by atoms with E-state index in [0.717, 1.165) is 5.56 Å². The third-order valence-electron chi connectivity index (χ3n) is 4.73. The van der Waals surface area contributed by atoms with Crippen molar-refractivity contribution >= 4 is 28.5 Å². The predicted octanol–water partition coefficient (Wildman–Crippen LogP) is 5.80. The zero-order valence-electron chi connectivity index (χ0n) is 16.7. The van der Waals surface area contributed by atoms with Gasteiger partial charge in [0.2, 0.25) is 6.10 Å². The second-order valence-electron chi connectivity index (χ2n) is 6.78. The van der Waals surface area contributed by atoms with E-state index in [1.54, 1.807) is 37.3 Å². The van der Waals surface area contributed by atoms with Crippen LogP contribution in [0.25, 0.3) is 22.1 Å². The maximum absolute atomic E-state index is 12.6. The monoisotopic (exact) mass is 434 g/mol. The summed E-state index contributed by atoms with van der Waals surface area (Å²) in [4.78, 5) is 24.7. The fourth-order valence-electron chi connectivity index (χ4n) is 3.33. The van der Waals surface area contributed by atoms with E-state index >= 15 is 0 Å². The molecule has 0 fully saturated rings. The van der Waals surface area contributed by atoms with Crippen LogP contribution in [0.15, 0.2) is 88.1 Å². The number of hydrogen-bond donors (Lipinski definition) is 0. The molecule has 4 aromatic rings. The summed E-state index contributed by atoms with van der Waals surface area (Å²) in [6.45, 7) is 1.94. The molecule has 1 heterocycles. The van der Waals surface area contributed by atoms with Gasteiger partial charge in [0.25, 0.3) is 0 Å². The zero-order chi connectivity index (χ0) is 21.8. The first-order chi connectivity index (χ1) is 15.1. The van der Waals surface area contributed by atoms with Crippen molar-refractivity contribution in [1.82, 2.24) is 0 Å². The molecule has 0 N–H and O–H groups in total. The molecule has 1 atom stereocenters. The smallest absolute Gasteiger partial charge is 0.352 e. The van der Waals surface area contributed by atoms with Crippen LogP contribution in [0.2, 0.25) is 5.02 Å². The summed E-state index contributed by atoms with van der Waals surface area (Å²) < 4.78 is 16.5. The van der Waals surface area contributed by atoms with Crippen molar-refractivity contribution < 1.29 is 18.7 Å². The lowest BCUT2D eigenvalue weighted by molar-refractivity contribution is -0.151. The van der Waals surface area contributed by atoms with Crippen molar-refractivity contribution in [3.63, 3.8) is 0 Å². The third-order valence-corrected chi connectivity index (χ3v) is 5.02. The molecule has 0 saturated heterocycles. The van der Waals surface area contributed by atoms with Gasteiger partial charge in [-0.1, -0.05) is 72.3 Å². The normalized spacial score (nSPS) is 11.8. The molecule has 1 unspecified atom stereocenters. The van der Waals surface area contributed by atoms with E-state index in [0.29, 0.717) is 22.1 Å². The number of carbonyl (C=O) groups is 1. The lowest BCUT2D eigenvalue weighted by Gasteiger charge is -2.19. The number of benzene rings is 3. The molecule has 0 bridgehead atoms. The zero-order valence-corrected chi connectivity index (χ0v) is 17.5. The van der Waals surface area contributed by atoms with Crippen LogP contribution >= 0.6 is 11.6 Å². The standard InChI is InChI=1S/C25H19ClO5/c1-2-29-25(28)24(17-11-7-4-8-12-17)31-22-15-21-19(13-20(22)26)18(14-23(27)30-21)16-9-5-3-6-10-16/h3-15,24H,2H2,1H3. The largest absolute Gasteiger partial charge is 0.472 e. The summed E-state index contributed by atoms with van der Waals surface area (Å²) in [7, 11) is 0. The Bertz CT molecular complexity index is 1270. The van der Waals surface area contributed by atoms with Gasteiger partial charge in [-0.25, -0.2) is 9.59 Å². The minimum atomic E-state index is -1.01. The van der Waals surface area contributed by atoms with E-state index in [1.807, 2.05) is 36.4 Å². The van der Waals surface area contributed by atoms with Crippen molar-refractivity contribution in [2.75, 3.05) is 6.61 Å². The molecule has 0 radical (unpaired) electrons. The average Bonchev–Trinajstić information content (AvgIpc) is 2.79. The summed E-state index contributed by atoms with van der Waals surface area (Å²) in [5.41, 5.74) is 1.99. The lowest BCUT2D eigenvalue weighted by Crippen LogP contribution is -2.21. The highest BCUT2D eigenvalue weighted by Crippen LogP contribution is 2.37. The van der Waals surface area contributed by atoms with Crippen molar-refractivity contribution in [3.05, 3.63) is 99.9 Å². The van der Waals surface area contributed by atoms with Gasteiger partial charge in [-0.3, -0.25) is 0 Å². The molecule has 0 aliphatic heterocycles. The van der Waals surface area contributed by atoms with Gasteiger partial charge in [-0.15, -0.1) is 0 Å². The molecule has 0 aliphatic carbocycles. The highest BCUT2D eigenvalue weighted by molar-refractivity contribution is 6.33. The number of ether oxygens (including phenoxy) is 2. The summed E-state index contributed by atoms with van der Waals surface area (Å²) >= 11 is 6.52. The number of halogens is 1. The van der Waals surface area contributed by atoms with Crippen LogP contribution in [0.3, 0.4) is 0 Å². The van der Waals surface area contributed by atoms with E-state index in [2.05, 4.69) is 0 Å². The number of carbonyl (C=O) groups excluding carboxylic acids is 1. The summed E-state index contributed by atoms with van der Waals surface area (Å²) in [5, 5.41) is 0.944. The molecule has 1 aromatic heterocycles. The first-order valence-corrected chi connectivity index (χ1v) is 10.2. The Morgan fingerprint density at radius 2 is 1.68 bits per heavy atom. The summed E-state index contributed by atoms with van der Waals surface area (Å²) in [6, 6.07) is 23.1. The van der Waals surface area contributed by atoms with Gasteiger partial charge in [0.15, 0.2) is 0 Å². The quantitative estimate of drug-likeness (QED) is 0.283. The molecule has 31 heavy (non-hydrogen) atoms. The average molecular weight is 435 g/mol. The van der Waals surface area contributed by atoms with Crippen molar-refractivity contribution in [2.45, 2.75) is 13.0 Å². The number of rotatable bonds is 6. The SMILES string of the molecule is CCOC(=O)C(Oc1cc2oc(=O)cc(-c3ccccc3)c2cc1Cl)c1ccccc1. The highest BCUT2D eigenvalue weighted by atomic mass is 35.5. The van der Waals surface area contributed by atoms with Crippen molar-refractivity contribution in [3.8, 4) is 16.9 Å². The number of esters is 1. The predicted molar refractivity (Wildman–Crippen MR) is 119 cm³/mol. The van der Waals surface area contributed by atoms with E-state index in [9.17, 15) is 9.59 Å². The molecule has 0 aliphatic rings. The molecule has 3 aromatic carbocycles. The van der Waals surface area contributed by atoms with Crippen LogP contribution in [-0.4, -0.2) is 12.6 Å². The topological polar surface area (TPSA) is 65.7 Å². The van der Waals surface area contributed by atoms with E-state index in [-0.39, 0.29) is 17.4 Å². The summed E-state index contributed by atoms with van der Waals surface area (Å²) in [6.07, 6.45) is -1.01. The van der Waals surface area contributed by atoms with Crippen LogP contribution in [0.5, 0.6) is 5.75 Å². The van der Waals surface area contributed by atoms with Crippen molar-refractivity contribution in [2.24, 2.45) is 0 Å². The molecular weight excluding hydrogens is 416 g/mol. The van der Waals surface area contributed by atoms with Gasteiger partial charge in [-0.05, 0) is 24.1 Å². The van der Waals surface area contributed by atoms with E-state index in [1.165, 1.54) is 12.1 Å². The lowest BCUT2D eigenvalue weighted by atomic mass is 10.0. The van der Waals surface area contributed by atoms with Crippen LogP contribution < -0.4 is 10.4 Å². The second-order valence-corrected chi connectivity index (χ2v) is 7.19. The van der Waals surface area contributed by atoms with Crippen LogP contribution in [-0.2, 0) is 9.53 Å². The van der Waals surface area contributed by atoms with Gasteiger partial charge in [0, 0.05) is 23.1 Å². The number of fused-ring (bicyclic) bond motifs is 1. The Labute approximate surface area is 183 Å². The molecule has 6 heteroatoms. The molecular formula is C25H19ClO5. The second kappa shape index (κ2) is 9.06. The Morgan fingerprint density at radius 1 is 1.00 bits per heavy atom. The van der Waals surface area contributed by atoms with Crippen LogP contribution in [0.1, 0.15) is 18.6 Å². The van der Waals surface area contributed by atoms with Gasteiger partial charge in [0.1, 0.15) is 11.3 Å². The van der Waals surface area contributed by atoms with E-state index in [4.69, 9.17) is 25.5 Å². The fraction of sp³-hybridized carbons (Fsp3) is 0.120. The first kappa shape index (κ1) is 20.7. The molecule has 0 amide bonds. The van der Waals surface area contributed by atoms with Gasteiger partial charge in [0.05, 0.1) is 11.6 Å². The Kier molecular flexibility index (Phi) is 6.05. The van der Waals surface area contributed by atoms with E-state index < -0.39 is 17.7 Å².